The van der Waals surface area contributed by atoms with Gasteiger partial charge in [0, 0.05) is 6.21 Å². The zero-order valence-corrected chi connectivity index (χ0v) is 9.35. The molecule has 0 bridgehead atoms. The Bertz CT molecular complexity index is 198. The zero-order valence-electron chi connectivity index (χ0n) is 8.54. The topological polar surface area (TPSA) is 50.4 Å². The summed E-state index contributed by atoms with van der Waals surface area (Å²) >= 11 is 4.62. The number of rotatable bonds is 4. The number of nitrogens with two attached hydrogens (primary N) is 1. The van der Waals surface area contributed by atoms with Crippen molar-refractivity contribution < 1.29 is 0 Å². The summed E-state index contributed by atoms with van der Waals surface area (Å²) in [5.41, 5.74) is 7.79. The summed E-state index contributed by atoms with van der Waals surface area (Å²) in [6.45, 7) is 0. The average Bonchev–Trinajstić information content (AvgIpc) is 2.18. The predicted octanol–water partition coefficient (Wildman–Crippen LogP) is 2.17. The molecule has 0 atom stereocenters. The van der Waals surface area contributed by atoms with Crippen molar-refractivity contribution in [3.63, 3.8) is 0 Å². The molecule has 0 aromatic heterocycles. The lowest BCUT2D eigenvalue weighted by atomic mass is 9.86. The number of hydrazone groups is 1. The summed E-state index contributed by atoms with van der Waals surface area (Å²) in [5.74, 6) is 0.917. The molecule has 0 aromatic carbocycles. The number of hydrogen-bond acceptors (Lipinski definition) is 2. The first-order chi connectivity index (χ1) is 6.79. The van der Waals surface area contributed by atoms with Crippen molar-refractivity contribution in [3.8, 4) is 0 Å². The number of hydrogen-bond donors (Lipinski definition) is 2. The van der Waals surface area contributed by atoms with Gasteiger partial charge in [0.1, 0.15) is 0 Å². The van der Waals surface area contributed by atoms with Gasteiger partial charge < -0.3 is 5.73 Å². The van der Waals surface area contributed by atoms with E-state index in [1.807, 2.05) is 6.21 Å². The van der Waals surface area contributed by atoms with Crippen LogP contribution in [0.25, 0.3) is 0 Å². The van der Waals surface area contributed by atoms with Crippen LogP contribution in [-0.2, 0) is 0 Å². The van der Waals surface area contributed by atoms with E-state index in [0.29, 0.717) is 0 Å². The fourth-order valence-corrected chi connectivity index (χ4v) is 2.01. The molecule has 0 saturated heterocycles. The van der Waals surface area contributed by atoms with Crippen LogP contribution >= 0.6 is 12.2 Å². The molecule has 3 N–H and O–H groups in total. The third kappa shape index (κ3) is 5.17. The number of nitrogens with one attached hydrogen (secondary N) is 1. The predicted molar refractivity (Wildman–Crippen MR) is 64.2 cm³/mol. The summed E-state index contributed by atoms with van der Waals surface area (Å²) in [5, 5.41) is 4.15. The van der Waals surface area contributed by atoms with Crippen molar-refractivity contribution in [2.24, 2.45) is 16.8 Å². The van der Waals surface area contributed by atoms with Crippen LogP contribution in [0.15, 0.2) is 5.10 Å². The quantitative estimate of drug-likeness (QED) is 0.427. The lowest BCUT2D eigenvalue weighted by molar-refractivity contribution is 0.344. The molecular formula is C10H19N3S. The first-order valence-electron chi connectivity index (χ1n) is 5.36. The summed E-state index contributed by atoms with van der Waals surface area (Å²) < 4.78 is 0. The van der Waals surface area contributed by atoms with Crippen LogP contribution in [0.5, 0.6) is 0 Å². The highest BCUT2D eigenvalue weighted by Gasteiger charge is 2.11. The van der Waals surface area contributed by atoms with Gasteiger partial charge in [0.05, 0.1) is 0 Å². The van der Waals surface area contributed by atoms with E-state index in [2.05, 4.69) is 22.7 Å². The molecule has 4 heteroatoms. The van der Waals surface area contributed by atoms with Gasteiger partial charge in [-0.2, -0.15) is 5.10 Å². The van der Waals surface area contributed by atoms with Gasteiger partial charge in [-0.3, -0.25) is 5.43 Å². The molecule has 1 rings (SSSR count). The lowest BCUT2D eigenvalue weighted by Gasteiger charge is -2.20. The Labute approximate surface area is 91.1 Å². The molecule has 0 spiro atoms. The van der Waals surface area contributed by atoms with Gasteiger partial charge in [0.15, 0.2) is 5.11 Å². The molecule has 0 unspecified atom stereocenters. The van der Waals surface area contributed by atoms with Crippen LogP contribution in [0.1, 0.15) is 44.9 Å². The van der Waals surface area contributed by atoms with Crippen LogP contribution in [-0.4, -0.2) is 11.3 Å². The van der Waals surface area contributed by atoms with E-state index in [0.717, 1.165) is 12.3 Å². The maximum atomic E-state index is 5.22. The molecule has 1 aliphatic rings. The molecule has 0 heterocycles. The second-order valence-electron chi connectivity index (χ2n) is 3.87. The van der Waals surface area contributed by atoms with Crippen molar-refractivity contribution in [2.45, 2.75) is 44.9 Å². The third-order valence-corrected chi connectivity index (χ3v) is 2.79. The molecular weight excluding hydrogens is 194 g/mol. The van der Waals surface area contributed by atoms with Crippen molar-refractivity contribution in [1.82, 2.24) is 5.43 Å². The molecule has 14 heavy (non-hydrogen) atoms. The van der Waals surface area contributed by atoms with E-state index in [1.165, 1.54) is 38.5 Å². The highest BCUT2D eigenvalue weighted by atomic mass is 32.1. The van der Waals surface area contributed by atoms with Gasteiger partial charge in [0.2, 0.25) is 0 Å². The Balaban J connectivity index is 2.02. The lowest BCUT2D eigenvalue weighted by Crippen LogP contribution is -2.23. The highest BCUT2D eigenvalue weighted by Crippen LogP contribution is 2.26. The van der Waals surface area contributed by atoms with Gasteiger partial charge in [-0.15, -0.1) is 0 Å². The first-order valence-corrected chi connectivity index (χ1v) is 5.77. The molecule has 0 aromatic rings. The minimum Gasteiger partial charge on any atom is -0.375 e. The molecule has 0 amide bonds. The van der Waals surface area contributed by atoms with Gasteiger partial charge in [-0.25, -0.2) is 0 Å². The van der Waals surface area contributed by atoms with E-state index < -0.39 is 0 Å². The molecule has 1 fully saturated rings. The van der Waals surface area contributed by atoms with Crippen LogP contribution < -0.4 is 11.2 Å². The Morgan fingerprint density at radius 3 is 2.79 bits per heavy atom. The zero-order chi connectivity index (χ0) is 10.2. The van der Waals surface area contributed by atoms with Gasteiger partial charge in [0.25, 0.3) is 0 Å². The molecule has 0 aliphatic heterocycles. The summed E-state index contributed by atoms with van der Waals surface area (Å²) in [4.78, 5) is 0. The molecule has 1 aliphatic carbocycles. The van der Waals surface area contributed by atoms with E-state index in [4.69, 9.17) is 5.73 Å². The largest absolute Gasteiger partial charge is 0.375 e. The van der Waals surface area contributed by atoms with Gasteiger partial charge >= 0.3 is 0 Å². The Kier molecular flexibility index (Phi) is 5.52. The molecule has 80 valence electrons. The fourth-order valence-electron chi connectivity index (χ4n) is 1.96. The standard InChI is InChI=1S/C10H19N3S/c11-10(14)13-12-8-4-7-9-5-2-1-3-6-9/h8-9H,1-7H2,(H3,11,13,14)/b12-8-. The second-order valence-corrected chi connectivity index (χ2v) is 4.31. The fraction of sp³-hybridized carbons (Fsp3) is 0.800. The molecule has 3 nitrogen and oxygen atoms in total. The van der Waals surface area contributed by atoms with Gasteiger partial charge in [-0.1, -0.05) is 32.1 Å². The van der Waals surface area contributed by atoms with Crippen LogP contribution in [0.2, 0.25) is 0 Å². The van der Waals surface area contributed by atoms with E-state index in [-0.39, 0.29) is 5.11 Å². The number of nitrogens with zero attached hydrogens (tertiary/aromatic N) is 1. The van der Waals surface area contributed by atoms with E-state index in [9.17, 15) is 0 Å². The number of thiocarbonyl (C=S) groups is 1. The van der Waals surface area contributed by atoms with Crippen LogP contribution in [0.4, 0.5) is 0 Å². The molecule has 1 saturated carbocycles. The summed E-state index contributed by atoms with van der Waals surface area (Å²) in [6, 6.07) is 0. The third-order valence-electron chi connectivity index (χ3n) is 2.69. The van der Waals surface area contributed by atoms with E-state index >= 15 is 0 Å². The average molecular weight is 213 g/mol. The second kappa shape index (κ2) is 6.76. The van der Waals surface area contributed by atoms with Crippen molar-refractivity contribution in [3.05, 3.63) is 0 Å². The summed E-state index contributed by atoms with van der Waals surface area (Å²) in [6.07, 6.45) is 11.2. The van der Waals surface area contributed by atoms with Crippen LogP contribution in [0, 0.1) is 5.92 Å². The Morgan fingerprint density at radius 2 is 2.14 bits per heavy atom. The molecule has 0 radical (unpaired) electrons. The van der Waals surface area contributed by atoms with Crippen LogP contribution in [0.3, 0.4) is 0 Å². The highest BCUT2D eigenvalue weighted by molar-refractivity contribution is 7.80. The minimum atomic E-state index is 0.235. The van der Waals surface area contributed by atoms with Crippen molar-refractivity contribution >= 4 is 23.5 Å². The summed E-state index contributed by atoms with van der Waals surface area (Å²) in [7, 11) is 0. The van der Waals surface area contributed by atoms with Crippen molar-refractivity contribution in [2.75, 3.05) is 0 Å². The van der Waals surface area contributed by atoms with Crippen molar-refractivity contribution in [1.29, 1.82) is 0 Å². The maximum absolute atomic E-state index is 5.22. The minimum absolute atomic E-state index is 0.235. The van der Waals surface area contributed by atoms with Gasteiger partial charge in [-0.05, 0) is 31.0 Å². The Morgan fingerprint density at radius 1 is 1.43 bits per heavy atom. The SMILES string of the molecule is NC(=S)N/N=C\CCC1CCCCC1. The Hall–Kier alpha value is -0.640. The smallest absolute Gasteiger partial charge is 0.184 e. The van der Waals surface area contributed by atoms with E-state index in [1.54, 1.807) is 0 Å². The first kappa shape index (κ1) is 11.4. The monoisotopic (exact) mass is 213 g/mol. The maximum Gasteiger partial charge on any atom is 0.184 e. The normalized spacial score (nSPS) is 18.6.